The summed E-state index contributed by atoms with van der Waals surface area (Å²) in [5, 5.41) is 0. The molecule has 2 aromatic rings. The Labute approximate surface area is 319 Å². The van der Waals surface area contributed by atoms with Gasteiger partial charge in [-0.15, -0.1) is 0 Å². The molecule has 2 aromatic carbocycles. The average molecular weight is 785 g/mol. The number of hydrogen-bond acceptors (Lipinski definition) is 18. The van der Waals surface area contributed by atoms with Crippen LogP contribution >= 0.6 is 0 Å². The summed E-state index contributed by atoms with van der Waals surface area (Å²) >= 11 is 0. The van der Waals surface area contributed by atoms with Crippen LogP contribution in [0.3, 0.4) is 0 Å². The van der Waals surface area contributed by atoms with Gasteiger partial charge in [0.1, 0.15) is 11.5 Å². The molecule has 1 aliphatic rings. The molecule has 1 aliphatic carbocycles. The van der Waals surface area contributed by atoms with Crippen molar-refractivity contribution in [3.63, 3.8) is 0 Å². The summed E-state index contributed by atoms with van der Waals surface area (Å²) in [7, 11) is 0. The van der Waals surface area contributed by atoms with Crippen molar-refractivity contribution in [3.8, 4) is 23.0 Å². The number of carbonyl (C=O) groups is 10. The molecule has 56 heavy (non-hydrogen) atoms. The highest BCUT2D eigenvalue weighted by atomic mass is 16.6. The number of fused-ring (bicyclic) bond motifs is 2. The van der Waals surface area contributed by atoms with E-state index in [2.05, 4.69) is 0 Å². The van der Waals surface area contributed by atoms with Gasteiger partial charge >= 0.3 is 47.8 Å². The topological polar surface area (TPSA) is 245 Å². The highest BCUT2D eigenvalue weighted by molar-refractivity contribution is 6.31. The minimum absolute atomic E-state index is 0.0282. The number of hydrogen-bond donors (Lipinski definition) is 0. The van der Waals surface area contributed by atoms with E-state index in [0.29, 0.717) is 0 Å². The molecule has 0 bridgehead atoms. The zero-order valence-corrected chi connectivity index (χ0v) is 31.1. The fourth-order valence-corrected chi connectivity index (χ4v) is 5.04. The smallest absolute Gasteiger partial charge is 0.311 e. The van der Waals surface area contributed by atoms with Crippen molar-refractivity contribution < 1.29 is 85.8 Å². The van der Waals surface area contributed by atoms with Gasteiger partial charge in [0.05, 0.1) is 94.5 Å². The molecule has 0 aromatic heterocycles. The first kappa shape index (κ1) is 43.9. The van der Waals surface area contributed by atoms with Crippen LogP contribution in [0.5, 0.6) is 23.0 Å². The Morgan fingerprint density at radius 3 is 1.05 bits per heavy atom. The normalized spacial score (nSPS) is 11.3. The van der Waals surface area contributed by atoms with E-state index in [4.69, 9.17) is 37.9 Å². The molecule has 0 amide bonds. The second-order valence-electron chi connectivity index (χ2n) is 11.4. The first-order valence-corrected chi connectivity index (χ1v) is 17.6. The third kappa shape index (κ3) is 12.3. The third-order valence-corrected chi connectivity index (χ3v) is 7.42. The monoisotopic (exact) mass is 784 g/mol. The minimum atomic E-state index is -1.13. The number of esters is 8. The summed E-state index contributed by atoms with van der Waals surface area (Å²) in [5.41, 5.74) is -2.27. The van der Waals surface area contributed by atoms with Crippen LogP contribution < -0.4 is 18.9 Å². The fraction of sp³-hybridized carbons (Fsp3) is 0.421. The summed E-state index contributed by atoms with van der Waals surface area (Å²) < 4.78 is 40.9. The highest BCUT2D eigenvalue weighted by Crippen LogP contribution is 2.45. The maximum Gasteiger partial charge on any atom is 0.311 e. The quantitative estimate of drug-likeness (QED) is 0.0904. The van der Waals surface area contributed by atoms with Crippen LogP contribution in [0.25, 0.3) is 0 Å². The minimum Gasteiger partial charge on any atom is -0.466 e. The Kier molecular flexibility index (Phi) is 16.8. The van der Waals surface area contributed by atoms with Crippen molar-refractivity contribution in [2.45, 2.75) is 79.1 Å². The number of benzene rings is 2. The van der Waals surface area contributed by atoms with E-state index in [1.165, 1.54) is 0 Å². The summed E-state index contributed by atoms with van der Waals surface area (Å²) in [6, 6.07) is 4.21. The highest BCUT2D eigenvalue weighted by Gasteiger charge is 2.40. The van der Waals surface area contributed by atoms with Gasteiger partial charge in [0.2, 0.25) is 5.78 Å². The Morgan fingerprint density at radius 1 is 0.375 bits per heavy atom. The van der Waals surface area contributed by atoms with E-state index >= 15 is 0 Å². The zero-order chi connectivity index (χ0) is 41.4. The van der Waals surface area contributed by atoms with E-state index in [1.807, 2.05) is 0 Å². The largest absolute Gasteiger partial charge is 0.466 e. The van der Waals surface area contributed by atoms with Crippen molar-refractivity contribution in [2.24, 2.45) is 0 Å². The molecule has 0 aliphatic heterocycles. The summed E-state index contributed by atoms with van der Waals surface area (Å²) in [4.78, 5) is 128. The number of rotatable bonds is 20. The molecular weight excluding hydrogens is 744 g/mol. The number of ether oxygens (including phenoxy) is 8. The standard InChI is InChI=1S/C38H40O18/c1-5-49-25(39)13-17-29(43)53-22-11-12-23(54-30(44)18-14-26(40)50-6-2)35-34(22)36(47)21-9-10-24(55-31(45)19-15-27(41)51-7-3)38(33(21)37(35)48)56-32(46)20-16-28(42)52-8-4/h9-12H,5-8,13-20H2,1-4H3. The van der Waals surface area contributed by atoms with Crippen LogP contribution in [-0.2, 0) is 57.3 Å². The average Bonchev–Trinajstić information content (AvgIpc) is 3.15. The van der Waals surface area contributed by atoms with Gasteiger partial charge < -0.3 is 37.9 Å². The predicted octanol–water partition coefficient (Wildman–Crippen LogP) is 3.46. The Hall–Kier alpha value is -6.46. The molecule has 18 nitrogen and oxygen atoms in total. The summed E-state index contributed by atoms with van der Waals surface area (Å²) in [6.45, 7) is 6.46. The molecule has 300 valence electrons. The van der Waals surface area contributed by atoms with E-state index in [1.54, 1.807) is 27.7 Å². The van der Waals surface area contributed by atoms with E-state index < -0.39 is 143 Å². The van der Waals surface area contributed by atoms with Crippen LogP contribution in [0.4, 0.5) is 0 Å². The van der Waals surface area contributed by atoms with E-state index in [-0.39, 0.29) is 39.3 Å². The molecule has 18 heteroatoms. The van der Waals surface area contributed by atoms with Crippen LogP contribution in [0, 0.1) is 0 Å². The molecule has 0 spiro atoms. The van der Waals surface area contributed by atoms with Gasteiger partial charge in [-0.1, -0.05) is 0 Å². The fourth-order valence-electron chi connectivity index (χ4n) is 5.04. The molecule has 0 saturated heterocycles. The van der Waals surface area contributed by atoms with E-state index in [9.17, 15) is 47.9 Å². The molecule has 0 heterocycles. The molecule has 0 unspecified atom stereocenters. The van der Waals surface area contributed by atoms with Crippen molar-refractivity contribution >= 4 is 59.3 Å². The van der Waals surface area contributed by atoms with Crippen molar-refractivity contribution in [3.05, 3.63) is 46.5 Å². The van der Waals surface area contributed by atoms with Gasteiger partial charge in [-0.05, 0) is 52.0 Å². The van der Waals surface area contributed by atoms with Crippen LogP contribution in [-0.4, -0.2) is 85.7 Å². The molecule has 3 rings (SSSR count). The van der Waals surface area contributed by atoms with Gasteiger partial charge in [-0.3, -0.25) is 47.9 Å². The Balaban J connectivity index is 2.14. The molecule has 0 atom stereocenters. The summed E-state index contributed by atoms with van der Waals surface area (Å²) in [5.74, 6) is -11.4. The molecule has 0 radical (unpaired) electrons. The van der Waals surface area contributed by atoms with Gasteiger partial charge in [0.25, 0.3) is 0 Å². The SMILES string of the molecule is CCOC(=O)CCC(=O)Oc1ccc2c(c1OC(=O)CCC(=O)OCC)C(=O)c1c(OC(=O)CCC(=O)OCC)ccc(OC(=O)CCC(=O)OCC)c1C2=O. The predicted molar refractivity (Wildman–Crippen MR) is 186 cm³/mol. The summed E-state index contributed by atoms with van der Waals surface area (Å²) in [6.07, 6.45) is -3.65. The Morgan fingerprint density at radius 2 is 0.679 bits per heavy atom. The van der Waals surface area contributed by atoms with Gasteiger partial charge in [0.15, 0.2) is 17.3 Å². The number of carbonyl (C=O) groups excluding carboxylic acids is 10. The van der Waals surface area contributed by atoms with Crippen LogP contribution in [0.2, 0.25) is 0 Å². The second kappa shape index (κ2) is 21.4. The molecule has 0 saturated carbocycles. The zero-order valence-electron chi connectivity index (χ0n) is 31.1. The third-order valence-electron chi connectivity index (χ3n) is 7.42. The lowest BCUT2D eigenvalue weighted by Gasteiger charge is -2.24. The number of ketones is 2. The lowest BCUT2D eigenvalue weighted by molar-refractivity contribution is -0.147. The lowest BCUT2D eigenvalue weighted by atomic mass is 9.82. The van der Waals surface area contributed by atoms with Crippen LogP contribution in [0.15, 0.2) is 24.3 Å². The van der Waals surface area contributed by atoms with E-state index in [0.717, 1.165) is 24.3 Å². The van der Waals surface area contributed by atoms with Crippen LogP contribution in [0.1, 0.15) is 111 Å². The lowest BCUT2D eigenvalue weighted by Crippen LogP contribution is -2.26. The van der Waals surface area contributed by atoms with Gasteiger partial charge in [0, 0.05) is 5.56 Å². The second-order valence-corrected chi connectivity index (χ2v) is 11.4. The van der Waals surface area contributed by atoms with Crippen molar-refractivity contribution in [1.29, 1.82) is 0 Å². The maximum atomic E-state index is 14.5. The molecular formula is C38H40O18. The van der Waals surface area contributed by atoms with Crippen molar-refractivity contribution in [1.82, 2.24) is 0 Å². The van der Waals surface area contributed by atoms with Gasteiger partial charge in [-0.25, -0.2) is 0 Å². The van der Waals surface area contributed by atoms with Gasteiger partial charge in [-0.2, -0.15) is 0 Å². The molecule has 0 N–H and O–H groups in total. The van der Waals surface area contributed by atoms with Crippen molar-refractivity contribution in [2.75, 3.05) is 26.4 Å². The molecule has 0 fully saturated rings. The Bertz CT molecular complexity index is 1890. The first-order valence-electron chi connectivity index (χ1n) is 17.6. The maximum absolute atomic E-state index is 14.5. The first-order chi connectivity index (χ1) is 26.7.